The van der Waals surface area contributed by atoms with Crippen molar-refractivity contribution in [3.05, 3.63) is 48.6 Å². The molecule has 12 heavy (non-hydrogen) atoms. The van der Waals surface area contributed by atoms with Gasteiger partial charge in [0.1, 0.15) is 0 Å². The van der Waals surface area contributed by atoms with Gasteiger partial charge in [-0.3, -0.25) is 0 Å². The third kappa shape index (κ3) is 1.42. The van der Waals surface area contributed by atoms with E-state index in [1.165, 1.54) is 19.3 Å². The second-order valence-electron chi connectivity index (χ2n) is 3.45. The highest BCUT2D eigenvalue weighted by molar-refractivity contribution is 5.37. The lowest BCUT2D eigenvalue weighted by Crippen LogP contribution is -2.05. The third-order valence-electron chi connectivity index (χ3n) is 2.44. The van der Waals surface area contributed by atoms with Crippen molar-refractivity contribution in [1.82, 2.24) is 0 Å². The molecule has 2 aliphatic rings. The number of rotatable bonds is 0. The molecule has 0 atom stereocenters. The van der Waals surface area contributed by atoms with Gasteiger partial charge in [-0.2, -0.15) is 0 Å². The second-order valence-corrected chi connectivity index (χ2v) is 3.45. The molecule has 0 saturated carbocycles. The highest BCUT2D eigenvalue weighted by Gasteiger charge is 2.18. The molecule has 0 aromatic rings. The van der Waals surface area contributed by atoms with E-state index in [1.807, 2.05) is 0 Å². The molecule has 0 amide bonds. The Kier molecular flexibility index (Phi) is 1.99. The van der Waals surface area contributed by atoms with E-state index in [1.54, 1.807) is 0 Å². The third-order valence-corrected chi connectivity index (χ3v) is 2.44. The van der Waals surface area contributed by atoms with Crippen LogP contribution in [0.2, 0.25) is 0 Å². The molecule has 0 aromatic carbocycles. The summed E-state index contributed by atoms with van der Waals surface area (Å²) in [5.41, 5.74) is 0.125. The van der Waals surface area contributed by atoms with E-state index in [9.17, 15) is 0 Å². The molecular formula is C12H14. The molecule has 0 heterocycles. The van der Waals surface area contributed by atoms with Crippen LogP contribution in [0.5, 0.6) is 0 Å². The van der Waals surface area contributed by atoms with Crippen LogP contribution in [0.25, 0.3) is 0 Å². The molecule has 0 heteroatoms. The Labute approximate surface area is 74.0 Å². The maximum Gasteiger partial charge on any atom is 0.0429 e. The molecule has 0 saturated heterocycles. The van der Waals surface area contributed by atoms with Crippen LogP contribution in [0.3, 0.4) is 0 Å². The quantitative estimate of drug-likeness (QED) is 0.474. The summed E-state index contributed by atoms with van der Waals surface area (Å²) in [5, 5.41) is 0. The molecule has 0 radical (unpaired) electrons. The average Bonchev–Trinajstić information content (AvgIpc) is 2.47. The Morgan fingerprint density at radius 2 is 1.33 bits per heavy atom. The lowest BCUT2D eigenvalue weighted by molar-refractivity contribution is 0.774. The van der Waals surface area contributed by atoms with Crippen LogP contribution < -0.4 is 0 Å². The normalized spacial score (nSPS) is 24.7. The maximum absolute atomic E-state index is 2.30. The van der Waals surface area contributed by atoms with E-state index in [0.29, 0.717) is 0 Å². The second kappa shape index (κ2) is 3.14. The Balaban J connectivity index is 2.26. The van der Waals surface area contributed by atoms with Crippen molar-refractivity contribution in [1.29, 1.82) is 0 Å². The summed E-state index contributed by atoms with van der Waals surface area (Å²) < 4.78 is 0. The SMILES string of the molecule is C1=CC2(C=C1)C=CCCCC=C2. The fraction of sp³-hybridized carbons (Fsp3) is 0.333. The molecule has 0 aromatic heterocycles. The summed E-state index contributed by atoms with van der Waals surface area (Å²) in [6, 6.07) is 0. The van der Waals surface area contributed by atoms with Crippen molar-refractivity contribution < 1.29 is 0 Å². The molecule has 62 valence electrons. The van der Waals surface area contributed by atoms with Crippen molar-refractivity contribution in [3.63, 3.8) is 0 Å². The van der Waals surface area contributed by atoms with Gasteiger partial charge in [-0.25, -0.2) is 0 Å². The minimum atomic E-state index is 0.125. The zero-order valence-corrected chi connectivity index (χ0v) is 7.24. The van der Waals surface area contributed by atoms with Crippen LogP contribution in [-0.2, 0) is 0 Å². The van der Waals surface area contributed by atoms with E-state index in [0.717, 1.165) is 0 Å². The molecule has 0 aliphatic heterocycles. The zero-order chi connectivity index (χ0) is 8.28. The van der Waals surface area contributed by atoms with E-state index in [-0.39, 0.29) is 5.41 Å². The summed E-state index contributed by atoms with van der Waals surface area (Å²) in [5.74, 6) is 0. The summed E-state index contributed by atoms with van der Waals surface area (Å²) in [6.07, 6.45) is 21.6. The Morgan fingerprint density at radius 1 is 0.750 bits per heavy atom. The smallest absolute Gasteiger partial charge is 0.0429 e. The molecular weight excluding hydrogens is 144 g/mol. The first-order valence-electron chi connectivity index (χ1n) is 4.64. The van der Waals surface area contributed by atoms with Gasteiger partial charge < -0.3 is 0 Å². The first-order valence-corrected chi connectivity index (χ1v) is 4.64. The van der Waals surface area contributed by atoms with E-state index in [4.69, 9.17) is 0 Å². The Hall–Kier alpha value is -1.04. The first kappa shape index (κ1) is 7.60. The molecule has 1 spiro atoms. The van der Waals surface area contributed by atoms with Gasteiger partial charge in [-0.1, -0.05) is 48.6 Å². The molecule has 2 rings (SSSR count). The van der Waals surface area contributed by atoms with Crippen LogP contribution >= 0.6 is 0 Å². The maximum atomic E-state index is 2.30. The molecule has 0 nitrogen and oxygen atoms in total. The number of hydrogen-bond donors (Lipinski definition) is 0. The predicted octanol–water partition coefficient (Wildman–Crippen LogP) is 3.40. The summed E-state index contributed by atoms with van der Waals surface area (Å²) in [4.78, 5) is 0. The van der Waals surface area contributed by atoms with Gasteiger partial charge in [0, 0.05) is 5.41 Å². The zero-order valence-electron chi connectivity index (χ0n) is 7.24. The van der Waals surface area contributed by atoms with Gasteiger partial charge in [0.05, 0.1) is 0 Å². The topological polar surface area (TPSA) is 0 Å². The van der Waals surface area contributed by atoms with Crippen molar-refractivity contribution in [2.45, 2.75) is 19.3 Å². The minimum absolute atomic E-state index is 0.125. The van der Waals surface area contributed by atoms with Gasteiger partial charge in [0.25, 0.3) is 0 Å². The summed E-state index contributed by atoms with van der Waals surface area (Å²) >= 11 is 0. The van der Waals surface area contributed by atoms with Crippen molar-refractivity contribution in [2.75, 3.05) is 0 Å². The van der Waals surface area contributed by atoms with Crippen molar-refractivity contribution in [2.24, 2.45) is 5.41 Å². The largest absolute Gasteiger partial charge is 0.0870 e. The van der Waals surface area contributed by atoms with Gasteiger partial charge in [-0.05, 0) is 19.3 Å². The highest BCUT2D eigenvalue weighted by atomic mass is 14.2. The van der Waals surface area contributed by atoms with Crippen LogP contribution in [0, 0.1) is 5.41 Å². The van der Waals surface area contributed by atoms with Crippen molar-refractivity contribution >= 4 is 0 Å². The molecule has 0 N–H and O–H groups in total. The summed E-state index contributed by atoms with van der Waals surface area (Å²) in [7, 11) is 0. The fourth-order valence-corrected chi connectivity index (χ4v) is 1.71. The molecule has 0 fully saturated rings. The van der Waals surface area contributed by atoms with E-state index < -0.39 is 0 Å². The lowest BCUT2D eigenvalue weighted by Gasteiger charge is -2.17. The van der Waals surface area contributed by atoms with Gasteiger partial charge in [-0.15, -0.1) is 0 Å². The van der Waals surface area contributed by atoms with E-state index >= 15 is 0 Å². The minimum Gasteiger partial charge on any atom is -0.0870 e. The van der Waals surface area contributed by atoms with Crippen LogP contribution in [0.1, 0.15) is 19.3 Å². The Bertz CT molecular complexity index is 236. The Morgan fingerprint density at radius 3 is 1.92 bits per heavy atom. The van der Waals surface area contributed by atoms with Crippen LogP contribution in [0.15, 0.2) is 48.6 Å². The standard InChI is InChI=1S/C12H14/c1-2-4-8-12(9-5-3-1)10-6-7-11-12/h4-11H,1-3H2. The van der Waals surface area contributed by atoms with E-state index in [2.05, 4.69) is 48.6 Å². The fourth-order valence-electron chi connectivity index (χ4n) is 1.71. The summed E-state index contributed by atoms with van der Waals surface area (Å²) in [6.45, 7) is 0. The lowest BCUT2D eigenvalue weighted by atomic mass is 9.87. The first-order chi connectivity index (χ1) is 5.91. The number of hydrogen-bond acceptors (Lipinski definition) is 0. The van der Waals surface area contributed by atoms with Crippen LogP contribution in [0.4, 0.5) is 0 Å². The van der Waals surface area contributed by atoms with Crippen molar-refractivity contribution in [3.8, 4) is 0 Å². The van der Waals surface area contributed by atoms with Gasteiger partial charge >= 0.3 is 0 Å². The number of allylic oxidation sites excluding steroid dienone is 8. The molecule has 0 bridgehead atoms. The molecule has 2 aliphatic carbocycles. The monoisotopic (exact) mass is 158 g/mol. The average molecular weight is 158 g/mol. The van der Waals surface area contributed by atoms with Gasteiger partial charge in [0.15, 0.2) is 0 Å². The predicted molar refractivity (Wildman–Crippen MR) is 52.8 cm³/mol. The van der Waals surface area contributed by atoms with Gasteiger partial charge in [0.2, 0.25) is 0 Å². The molecule has 0 unspecified atom stereocenters. The van der Waals surface area contributed by atoms with Crippen LogP contribution in [-0.4, -0.2) is 0 Å². The highest BCUT2D eigenvalue weighted by Crippen LogP contribution is 2.31.